The van der Waals surface area contributed by atoms with Crippen molar-refractivity contribution in [2.75, 3.05) is 0 Å². The predicted molar refractivity (Wildman–Crippen MR) is 59.1 cm³/mol. The van der Waals surface area contributed by atoms with Crippen LogP contribution >= 0.6 is 27.5 Å². The number of alkyl halides is 1. The Labute approximate surface area is 96.5 Å². The number of hydrogen-bond donors (Lipinski definition) is 0. The first-order valence-electron chi connectivity index (χ1n) is 3.98. The molecule has 1 rings (SSSR count). The molecule has 0 radical (unpaired) electrons. The molecular weight excluding hydrogens is 290 g/mol. The van der Waals surface area contributed by atoms with E-state index in [0.717, 1.165) is 0 Å². The van der Waals surface area contributed by atoms with E-state index in [1.54, 1.807) is 19.1 Å². The molecule has 0 aliphatic carbocycles. The summed E-state index contributed by atoms with van der Waals surface area (Å²) in [5.41, 5.74) is 0. The van der Waals surface area contributed by atoms with Crippen LogP contribution in [0.2, 0.25) is 0 Å². The summed E-state index contributed by atoms with van der Waals surface area (Å²) in [6, 6.07) is 3.28. The molecule has 0 N–H and O–H groups in total. The average Bonchev–Trinajstić information content (AvgIpc) is 2.17. The summed E-state index contributed by atoms with van der Waals surface area (Å²) in [5, 5.41) is 0.00171. The summed E-state index contributed by atoms with van der Waals surface area (Å²) in [7, 11) is -3.51. The molecule has 0 aliphatic heterocycles. The third kappa shape index (κ3) is 2.27. The molecule has 0 saturated heterocycles. The van der Waals surface area contributed by atoms with Crippen LogP contribution in [-0.2, 0) is 9.84 Å². The zero-order chi connectivity index (χ0) is 10.8. The molecule has 78 valence electrons. The average molecular weight is 299 g/mol. The Balaban J connectivity index is 3.24. The molecule has 1 unspecified atom stereocenters. The van der Waals surface area contributed by atoms with Crippen molar-refractivity contribution in [2.45, 2.75) is 23.1 Å². The molecule has 1 heterocycles. The van der Waals surface area contributed by atoms with E-state index in [-0.39, 0.29) is 5.03 Å². The molecule has 3 nitrogen and oxygen atoms in total. The van der Waals surface area contributed by atoms with E-state index in [4.69, 9.17) is 11.6 Å². The van der Waals surface area contributed by atoms with Gasteiger partial charge in [0, 0.05) is 6.20 Å². The fourth-order valence-electron chi connectivity index (χ4n) is 0.921. The van der Waals surface area contributed by atoms with Crippen LogP contribution in [0.3, 0.4) is 0 Å². The smallest absolute Gasteiger partial charge is 0.213 e. The third-order valence-electron chi connectivity index (χ3n) is 1.65. The standard InChI is InChI=1S/C8H9BrClNO2S/c1-2-7(10)14(12,13)8-6(9)4-3-5-11-8/h3-5,7H,2H2,1H3. The Morgan fingerprint density at radius 2 is 2.29 bits per heavy atom. The van der Waals surface area contributed by atoms with Gasteiger partial charge in [-0.1, -0.05) is 6.92 Å². The van der Waals surface area contributed by atoms with Crippen LogP contribution in [0.15, 0.2) is 27.8 Å². The van der Waals surface area contributed by atoms with Crippen LogP contribution in [-0.4, -0.2) is 18.1 Å². The van der Waals surface area contributed by atoms with Gasteiger partial charge in [0.2, 0.25) is 9.84 Å². The quantitative estimate of drug-likeness (QED) is 0.806. The van der Waals surface area contributed by atoms with Gasteiger partial charge < -0.3 is 0 Å². The van der Waals surface area contributed by atoms with Gasteiger partial charge in [0.05, 0.1) is 4.47 Å². The molecule has 0 amide bonds. The molecule has 1 aromatic heterocycles. The second-order valence-corrected chi connectivity index (χ2v) is 6.34. The molecule has 0 fully saturated rings. The summed E-state index contributed by atoms with van der Waals surface area (Å²) < 4.78 is 23.0. The van der Waals surface area contributed by atoms with Crippen LogP contribution in [0, 0.1) is 0 Å². The van der Waals surface area contributed by atoms with E-state index in [2.05, 4.69) is 20.9 Å². The van der Waals surface area contributed by atoms with Crippen molar-refractivity contribution in [1.29, 1.82) is 0 Å². The monoisotopic (exact) mass is 297 g/mol. The summed E-state index contributed by atoms with van der Waals surface area (Å²) in [6.07, 6.45) is 1.78. The minimum Gasteiger partial charge on any atom is -0.244 e. The van der Waals surface area contributed by atoms with E-state index in [0.29, 0.717) is 10.9 Å². The molecule has 0 aromatic carbocycles. The number of nitrogens with zero attached hydrogens (tertiary/aromatic N) is 1. The minimum absolute atomic E-state index is 0.00171. The van der Waals surface area contributed by atoms with E-state index in [9.17, 15) is 8.42 Å². The number of pyridine rings is 1. The first-order valence-corrected chi connectivity index (χ1v) is 6.76. The van der Waals surface area contributed by atoms with Crippen molar-refractivity contribution in [3.05, 3.63) is 22.8 Å². The summed E-state index contributed by atoms with van der Waals surface area (Å²) in [6.45, 7) is 1.71. The fourth-order valence-corrected chi connectivity index (χ4v) is 3.33. The minimum atomic E-state index is -3.51. The number of halogens is 2. The van der Waals surface area contributed by atoms with Crippen molar-refractivity contribution in [3.63, 3.8) is 0 Å². The van der Waals surface area contributed by atoms with Crippen molar-refractivity contribution in [2.24, 2.45) is 0 Å². The first-order chi connectivity index (χ1) is 6.50. The maximum Gasteiger partial charge on any atom is 0.213 e. The van der Waals surface area contributed by atoms with Crippen LogP contribution in [0.1, 0.15) is 13.3 Å². The van der Waals surface area contributed by atoms with Crippen LogP contribution < -0.4 is 0 Å². The van der Waals surface area contributed by atoms with Gasteiger partial charge in [0.1, 0.15) is 4.71 Å². The van der Waals surface area contributed by atoms with E-state index < -0.39 is 14.5 Å². The van der Waals surface area contributed by atoms with Crippen LogP contribution in [0.5, 0.6) is 0 Å². The lowest BCUT2D eigenvalue weighted by molar-refractivity contribution is 0.586. The van der Waals surface area contributed by atoms with Gasteiger partial charge in [-0.05, 0) is 34.5 Å². The van der Waals surface area contributed by atoms with Gasteiger partial charge in [0.25, 0.3) is 0 Å². The molecule has 1 atom stereocenters. The molecule has 0 spiro atoms. The van der Waals surface area contributed by atoms with Crippen molar-refractivity contribution in [1.82, 2.24) is 4.98 Å². The molecule has 6 heteroatoms. The van der Waals surface area contributed by atoms with Crippen LogP contribution in [0.4, 0.5) is 0 Å². The van der Waals surface area contributed by atoms with Gasteiger partial charge in [-0.25, -0.2) is 13.4 Å². The van der Waals surface area contributed by atoms with Gasteiger partial charge >= 0.3 is 0 Å². The van der Waals surface area contributed by atoms with Gasteiger partial charge in [0.15, 0.2) is 5.03 Å². The largest absolute Gasteiger partial charge is 0.244 e. The highest BCUT2D eigenvalue weighted by molar-refractivity contribution is 9.10. The van der Waals surface area contributed by atoms with Crippen molar-refractivity contribution >= 4 is 37.4 Å². The molecule has 0 aliphatic rings. The maximum absolute atomic E-state index is 11.8. The third-order valence-corrected chi connectivity index (χ3v) is 5.44. The van der Waals surface area contributed by atoms with Gasteiger partial charge in [-0.15, -0.1) is 11.6 Å². The predicted octanol–water partition coefficient (Wildman–Crippen LogP) is 2.59. The zero-order valence-corrected chi connectivity index (χ0v) is 10.6. The lowest BCUT2D eigenvalue weighted by Gasteiger charge is -2.08. The zero-order valence-electron chi connectivity index (χ0n) is 7.44. The van der Waals surface area contributed by atoms with Crippen molar-refractivity contribution < 1.29 is 8.42 Å². The van der Waals surface area contributed by atoms with E-state index >= 15 is 0 Å². The second kappa shape index (κ2) is 4.59. The van der Waals surface area contributed by atoms with Crippen molar-refractivity contribution in [3.8, 4) is 0 Å². The summed E-state index contributed by atoms with van der Waals surface area (Å²) in [5.74, 6) is 0. The van der Waals surface area contributed by atoms with E-state index in [1.807, 2.05) is 0 Å². The SMILES string of the molecule is CCC(Cl)S(=O)(=O)c1ncccc1Br. The number of sulfone groups is 1. The fraction of sp³-hybridized carbons (Fsp3) is 0.375. The normalized spacial score (nSPS) is 13.9. The topological polar surface area (TPSA) is 47.0 Å². The Morgan fingerprint density at radius 1 is 1.64 bits per heavy atom. The highest BCUT2D eigenvalue weighted by Crippen LogP contribution is 2.25. The highest BCUT2D eigenvalue weighted by atomic mass is 79.9. The van der Waals surface area contributed by atoms with E-state index in [1.165, 1.54) is 6.20 Å². The number of hydrogen-bond acceptors (Lipinski definition) is 3. The van der Waals surface area contributed by atoms with Gasteiger partial charge in [-0.2, -0.15) is 0 Å². The summed E-state index contributed by atoms with van der Waals surface area (Å²) >= 11 is 8.84. The highest BCUT2D eigenvalue weighted by Gasteiger charge is 2.26. The number of rotatable bonds is 3. The Bertz CT molecular complexity index is 421. The lowest BCUT2D eigenvalue weighted by Crippen LogP contribution is -2.16. The lowest BCUT2D eigenvalue weighted by atomic mass is 10.5. The molecule has 1 aromatic rings. The molecule has 14 heavy (non-hydrogen) atoms. The Kier molecular flexibility index (Phi) is 3.92. The van der Waals surface area contributed by atoms with Crippen LogP contribution in [0.25, 0.3) is 0 Å². The number of aromatic nitrogens is 1. The Hall–Kier alpha value is -0.130. The molecule has 0 bridgehead atoms. The summed E-state index contributed by atoms with van der Waals surface area (Å²) in [4.78, 5) is 3.80. The molecular formula is C8H9BrClNO2S. The molecule has 0 saturated carbocycles. The Morgan fingerprint density at radius 3 is 2.79 bits per heavy atom. The maximum atomic E-state index is 11.8. The second-order valence-electron chi connectivity index (χ2n) is 2.65. The first kappa shape index (κ1) is 11.9. The van der Waals surface area contributed by atoms with Gasteiger partial charge in [-0.3, -0.25) is 0 Å².